The van der Waals surface area contributed by atoms with Gasteiger partial charge in [-0.05, 0) is 96.3 Å². The van der Waals surface area contributed by atoms with Gasteiger partial charge in [-0.3, -0.25) is 14.4 Å². The van der Waals surface area contributed by atoms with Crippen molar-refractivity contribution in [3.63, 3.8) is 0 Å². The topological polar surface area (TPSA) is 78.9 Å². The zero-order valence-corrected chi connectivity index (χ0v) is 42.0. The molecule has 0 aromatic heterocycles. The highest BCUT2D eigenvalue weighted by Gasteiger charge is 2.19. The summed E-state index contributed by atoms with van der Waals surface area (Å²) in [5.74, 6) is -0.972. The zero-order valence-electron chi connectivity index (χ0n) is 42.0. The molecule has 0 bridgehead atoms. The average molecular weight is 901 g/mol. The van der Waals surface area contributed by atoms with Crippen LogP contribution in [0.25, 0.3) is 0 Å². The van der Waals surface area contributed by atoms with Crippen molar-refractivity contribution in [3.05, 3.63) is 109 Å². The van der Waals surface area contributed by atoms with Gasteiger partial charge in [-0.15, -0.1) is 0 Å². The molecule has 0 aromatic rings. The van der Waals surface area contributed by atoms with E-state index in [-0.39, 0.29) is 37.5 Å². The maximum Gasteiger partial charge on any atom is 0.306 e. The minimum Gasteiger partial charge on any atom is -0.462 e. The molecule has 6 heteroatoms. The van der Waals surface area contributed by atoms with E-state index in [4.69, 9.17) is 14.2 Å². The van der Waals surface area contributed by atoms with Crippen LogP contribution in [0.3, 0.4) is 0 Å². The Morgan fingerprint density at radius 1 is 0.338 bits per heavy atom. The number of ether oxygens (including phenoxy) is 3. The first kappa shape index (κ1) is 61.1. The van der Waals surface area contributed by atoms with Crippen molar-refractivity contribution in [2.45, 2.75) is 232 Å². The van der Waals surface area contributed by atoms with Gasteiger partial charge in [-0.25, -0.2) is 0 Å². The number of hydrogen-bond donors (Lipinski definition) is 0. The lowest BCUT2D eigenvalue weighted by molar-refractivity contribution is -0.167. The number of carbonyl (C=O) groups excluding carboxylic acids is 3. The van der Waals surface area contributed by atoms with E-state index in [1.54, 1.807) is 0 Å². The predicted octanol–water partition coefficient (Wildman–Crippen LogP) is 17.5. The summed E-state index contributed by atoms with van der Waals surface area (Å²) in [6, 6.07) is 0. The molecule has 0 aliphatic rings. The lowest BCUT2D eigenvalue weighted by Gasteiger charge is -2.18. The normalized spacial score (nSPS) is 13.0. The fourth-order valence-electron chi connectivity index (χ4n) is 6.94. The second-order valence-corrected chi connectivity index (χ2v) is 17.1. The van der Waals surface area contributed by atoms with Crippen LogP contribution in [0, 0.1) is 0 Å². The summed E-state index contributed by atoms with van der Waals surface area (Å²) >= 11 is 0. The highest BCUT2D eigenvalue weighted by Crippen LogP contribution is 2.14. The highest BCUT2D eigenvalue weighted by molar-refractivity contribution is 5.71. The second-order valence-electron chi connectivity index (χ2n) is 17.1. The molecule has 0 amide bonds. The smallest absolute Gasteiger partial charge is 0.306 e. The quantitative estimate of drug-likeness (QED) is 0.0199. The lowest BCUT2D eigenvalue weighted by atomic mass is 10.1. The van der Waals surface area contributed by atoms with E-state index in [0.717, 1.165) is 96.3 Å². The standard InChI is InChI=1S/C59H96O6/c1-4-7-10-13-16-19-22-25-27-28-29-30-32-34-37-40-43-46-49-52-58(61)64-55-56(54-63-57(60)51-48-45-42-39-36-33-24-21-18-15-12-9-6-3)65-59(62)53-50-47-44-41-38-35-31-26-23-20-17-14-11-8-5-2/h7-8,10-11,14,16-17,19-20,23,25-27,31,33,35-36,38,56H,4-6,9,12-13,15,18,21-22,24,28-30,32,34,37,39-55H2,1-3H3/b10-7-,11-8-,17-14-,19-16-,23-20-,27-25-,31-26-,36-33-,38-35-. The monoisotopic (exact) mass is 901 g/mol. The molecule has 368 valence electrons. The summed E-state index contributed by atoms with van der Waals surface area (Å²) in [4.78, 5) is 38.0. The van der Waals surface area contributed by atoms with Crippen LogP contribution < -0.4 is 0 Å². The summed E-state index contributed by atoms with van der Waals surface area (Å²) in [5, 5.41) is 0. The van der Waals surface area contributed by atoms with E-state index in [0.29, 0.717) is 19.3 Å². The van der Waals surface area contributed by atoms with Crippen LogP contribution in [0.4, 0.5) is 0 Å². The molecule has 65 heavy (non-hydrogen) atoms. The van der Waals surface area contributed by atoms with Gasteiger partial charge in [0.15, 0.2) is 6.10 Å². The Balaban J connectivity index is 4.47. The molecule has 0 fully saturated rings. The van der Waals surface area contributed by atoms with Crippen LogP contribution in [-0.2, 0) is 28.6 Å². The van der Waals surface area contributed by atoms with Crippen LogP contribution in [0.2, 0.25) is 0 Å². The summed E-state index contributed by atoms with van der Waals surface area (Å²) in [7, 11) is 0. The van der Waals surface area contributed by atoms with Gasteiger partial charge in [0.1, 0.15) is 13.2 Å². The SMILES string of the molecule is CC\C=C/C=C\C=C/C=C\C=C/CCCCCC(=O)OC(COC(=O)CCCCC/C=C\CCCCCCCC)COC(=O)CCCCCCCCCCC/C=C\C/C=C\C/C=C\CC. The molecule has 1 atom stereocenters. The number of esters is 3. The minimum atomic E-state index is -0.810. The summed E-state index contributed by atoms with van der Waals surface area (Å²) in [5.41, 5.74) is 0. The summed E-state index contributed by atoms with van der Waals surface area (Å²) < 4.78 is 16.8. The van der Waals surface area contributed by atoms with Gasteiger partial charge in [0.25, 0.3) is 0 Å². The summed E-state index contributed by atoms with van der Waals surface area (Å²) in [6.45, 7) is 6.31. The molecular formula is C59H96O6. The van der Waals surface area contributed by atoms with Crippen molar-refractivity contribution in [2.24, 2.45) is 0 Å². The van der Waals surface area contributed by atoms with Crippen LogP contribution in [0.5, 0.6) is 0 Å². The van der Waals surface area contributed by atoms with Crippen LogP contribution in [0.1, 0.15) is 226 Å². The maximum absolute atomic E-state index is 12.8. The zero-order chi connectivity index (χ0) is 47.2. The molecule has 0 spiro atoms. The maximum atomic E-state index is 12.8. The van der Waals surface area contributed by atoms with Crippen molar-refractivity contribution in [2.75, 3.05) is 13.2 Å². The van der Waals surface area contributed by atoms with E-state index in [9.17, 15) is 14.4 Å². The second kappa shape index (κ2) is 52.7. The number of carbonyl (C=O) groups is 3. The Morgan fingerprint density at radius 2 is 0.677 bits per heavy atom. The van der Waals surface area contributed by atoms with E-state index in [2.05, 4.69) is 81.5 Å². The molecular weight excluding hydrogens is 805 g/mol. The molecule has 0 aromatic carbocycles. The molecule has 0 radical (unpaired) electrons. The fourth-order valence-corrected chi connectivity index (χ4v) is 6.94. The van der Waals surface area contributed by atoms with Crippen molar-refractivity contribution in [3.8, 4) is 0 Å². The van der Waals surface area contributed by atoms with E-state index in [1.165, 1.54) is 83.5 Å². The van der Waals surface area contributed by atoms with Gasteiger partial charge in [0.05, 0.1) is 0 Å². The fraction of sp³-hybridized carbons (Fsp3) is 0.644. The van der Waals surface area contributed by atoms with Crippen molar-refractivity contribution in [1.29, 1.82) is 0 Å². The Bertz CT molecular complexity index is 1360. The first-order valence-electron chi connectivity index (χ1n) is 26.5. The number of unbranched alkanes of at least 4 members (excludes halogenated alkanes) is 21. The highest BCUT2D eigenvalue weighted by atomic mass is 16.6. The lowest BCUT2D eigenvalue weighted by Crippen LogP contribution is -2.30. The third-order valence-corrected chi connectivity index (χ3v) is 10.9. The Kier molecular flexibility index (Phi) is 49.5. The van der Waals surface area contributed by atoms with Gasteiger partial charge in [-0.2, -0.15) is 0 Å². The van der Waals surface area contributed by atoms with E-state index in [1.807, 2.05) is 48.6 Å². The largest absolute Gasteiger partial charge is 0.462 e. The van der Waals surface area contributed by atoms with Crippen molar-refractivity contribution < 1.29 is 28.6 Å². The van der Waals surface area contributed by atoms with Crippen molar-refractivity contribution in [1.82, 2.24) is 0 Å². The molecule has 0 saturated carbocycles. The van der Waals surface area contributed by atoms with E-state index >= 15 is 0 Å². The first-order chi connectivity index (χ1) is 32.0. The molecule has 6 nitrogen and oxygen atoms in total. The molecule has 0 aliphatic carbocycles. The molecule has 1 unspecified atom stereocenters. The van der Waals surface area contributed by atoms with Gasteiger partial charge in [0, 0.05) is 19.3 Å². The number of hydrogen-bond acceptors (Lipinski definition) is 6. The Morgan fingerprint density at radius 3 is 1.15 bits per heavy atom. The Hall–Kier alpha value is -3.93. The third kappa shape index (κ3) is 50.9. The minimum absolute atomic E-state index is 0.105. The first-order valence-corrected chi connectivity index (χ1v) is 26.5. The van der Waals surface area contributed by atoms with Gasteiger partial charge in [-0.1, -0.05) is 220 Å². The van der Waals surface area contributed by atoms with Gasteiger partial charge in [0.2, 0.25) is 0 Å². The van der Waals surface area contributed by atoms with Crippen LogP contribution >= 0.6 is 0 Å². The summed E-state index contributed by atoms with van der Waals surface area (Å²) in [6.07, 6.45) is 70.7. The molecule has 0 heterocycles. The average Bonchev–Trinajstić information content (AvgIpc) is 3.30. The van der Waals surface area contributed by atoms with Crippen LogP contribution in [0.15, 0.2) is 109 Å². The molecule has 0 N–H and O–H groups in total. The molecule has 0 aliphatic heterocycles. The van der Waals surface area contributed by atoms with Crippen LogP contribution in [-0.4, -0.2) is 37.2 Å². The molecule has 0 rings (SSSR count). The van der Waals surface area contributed by atoms with E-state index < -0.39 is 6.10 Å². The predicted molar refractivity (Wildman–Crippen MR) is 279 cm³/mol. The van der Waals surface area contributed by atoms with Crippen molar-refractivity contribution >= 4 is 17.9 Å². The Labute approximate surface area is 400 Å². The number of allylic oxidation sites excluding steroid dienone is 18. The molecule has 0 saturated heterocycles. The third-order valence-electron chi connectivity index (χ3n) is 10.9. The number of rotatable bonds is 46. The van der Waals surface area contributed by atoms with Gasteiger partial charge >= 0.3 is 17.9 Å². The van der Waals surface area contributed by atoms with Gasteiger partial charge < -0.3 is 14.2 Å².